The predicted molar refractivity (Wildman–Crippen MR) is 106 cm³/mol. The number of carbonyl (C=O) groups excluding carboxylic acids is 1. The van der Waals surface area contributed by atoms with Gasteiger partial charge in [0, 0.05) is 30.7 Å². The monoisotopic (exact) mass is 357 g/mol. The number of rotatable bonds is 4. The quantitative estimate of drug-likeness (QED) is 0.608. The Morgan fingerprint density at radius 3 is 2.70 bits per heavy atom. The second kappa shape index (κ2) is 6.92. The molecule has 2 aromatic heterocycles. The van der Waals surface area contributed by atoms with E-state index in [1.54, 1.807) is 30.4 Å². The summed E-state index contributed by atoms with van der Waals surface area (Å²) < 4.78 is 1.84. The third-order valence-corrected chi connectivity index (χ3v) is 4.43. The first kappa shape index (κ1) is 16.8. The Morgan fingerprint density at radius 1 is 1.11 bits per heavy atom. The third-order valence-electron chi connectivity index (χ3n) is 4.43. The van der Waals surface area contributed by atoms with E-state index in [1.807, 2.05) is 59.3 Å². The van der Waals surface area contributed by atoms with Crippen LogP contribution in [0, 0.1) is 0 Å². The summed E-state index contributed by atoms with van der Waals surface area (Å²) in [5.41, 5.74) is 9.13. The minimum atomic E-state index is -0.0619. The molecule has 2 heterocycles. The first-order valence-corrected chi connectivity index (χ1v) is 8.61. The fraction of sp³-hybridized carbons (Fsp3) is 0.0952. The molecule has 134 valence electrons. The molecular formula is C21H19N5O. The lowest BCUT2D eigenvalue weighted by Gasteiger charge is -2.17. The van der Waals surface area contributed by atoms with Crippen molar-refractivity contribution in [1.82, 2.24) is 19.7 Å². The number of aromatic nitrogens is 3. The molecule has 0 radical (unpaired) electrons. The van der Waals surface area contributed by atoms with Crippen molar-refractivity contribution in [1.29, 1.82) is 0 Å². The predicted octanol–water partition coefficient (Wildman–Crippen LogP) is 3.27. The maximum Gasteiger partial charge on any atom is 0.253 e. The summed E-state index contributed by atoms with van der Waals surface area (Å²) >= 11 is 0. The van der Waals surface area contributed by atoms with E-state index >= 15 is 0 Å². The van der Waals surface area contributed by atoms with Crippen LogP contribution in [0.15, 0.2) is 73.1 Å². The van der Waals surface area contributed by atoms with Crippen LogP contribution < -0.4 is 5.73 Å². The van der Waals surface area contributed by atoms with Gasteiger partial charge in [0.2, 0.25) is 0 Å². The van der Waals surface area contributed by atoms with Crippen molar-refractivity contribution < 1.29 is 4.79 Å². The lowest BCUT2D eigenvalue weighted by atomic mass is 10.1. The highest BCUT2D eigenvalue weighted by atomic mass is 16.2. The second-order valence-corrected chi connectivity index (χ2v) is 6.42. The molecule has 0 unspecified atom stereocenters. The summed E-state index contributed by atoms with van der Waals surface area (Å²) in [5.74, 6) is 0.384. The zero-order valence-electron chi connectivity index (χ0n) is 14.9. The Balaban J connectivity index is 1.64. The summed E-state index contributed by atoms with van der Waals surface area (Å²) in [6, 6.07) is 19.1. The fourth-order valence-corrected chi connectivity index (χ4v) is 3.09. The molecule has 0 aliphatic heterocycles. The van der Waals surface area contributed by atoms with Crippen LogP contribution in [0.4, 0.5) is 5.82 Å². The summed E-state index contributed by atoms with van der Waals surface area (Å²) in [7, 11) is 1.78. The normalized spacial score (nSPS) is 10.9. The molecule has 0 atom stereocenters. The molecule has 0 saturated heterocycles. The van der Waals surface area contributed by atoms with Crippen LogP contribution in [0.5, 0.6) is 0 Å². The summed E-state index contributed by atoms with van der Waals surface area (Å²) in [6.45, 7) is 0.460. The van der Waals surface area contributed by atoms with E-state index in [4.69, 9.17) is 5.73 Å². The molecule has 6 nitrogen and oxygen atoms in total. The van der Waals surface area contributed by atoms with Crippen LogP contribution in [0.2, 0.25) is 0 Å². The summed E-state index contributed by atoms with van der Waals surface area (Å²) in [6.07, 6.45) is 3.45. The lowest BCUT2D eigenvalue weighted by molar-refractivity contribution is 0.0785. The zero-order valence-corrected chi connectivity index (χ0v) is 14.9. The average Bonchev–Trinajstić information content (AvgIpc) is 3.11. The van der Waals surface area contributed by atoms with E-state index in [0.29, 0.717) is 17.9 Å². The Labute approximate surface area is 156 Å². The molecule has 0 fully saturated rings. The average molecular weight is 357 g/mol. The molecule has 0 aliphatic carbocycles. The van der Waals surface area contributed by atoms with Crippen molar-refractivity contribution >= 4 is 22.6 Å². The van der Waals surface area contributed by atoms with Crippen molar-refractivity contribution in [3.8, 4) is 5.69 Å². The molecule has 4 rings (SSSR count). The lowest BCUT2D eigenvalue weighted by Crippen LogP contribution is -2.26. The molecule has 1 amide bonds. The number of carbonyl (C=O) groups is 1. The molecule has 2 aromatic carbocycles. The zero-order chi connectivity index (χ0) is 18.8. The van der Waals surface area contributed by atoms with Gasteiger partial charge in [0.05, 0.1) is 17.4 Å². The van der Waals surface area contributed by atoms with Crippen molar-refractivity contribution in [2.45, 2.75) is 6.54 Å². The number of hydrogen-bond acceptors (Lipinski definition) is 4. The van der Waals surface area contributed by atoms with Crippen LogP contribution in [-0.2, 0) is 6.54 Å². The van der Waals surface area contributed by atoms with Gasteiger partial charge in [-0.15, -0.1) is 0 Å². The Morgan fingerprint density at radius 2 is 1.93 bits per heavy atom. The molecule has 0 aliphatic rings. The highest BCUT2D eigenvalue weighted by Crippen LogP contribution is 2.21. The number of para-hydroxylation sites is 1. The van der Waals surface area contributed by atoms with Gasteiger partial charge in [-0.25, -0.2) is 9.67 Å². The van der Waals surface area contributed by atoms with E-state index in [1.165, 1.54) is 0 Å². The highest BCUT2D eigenvalue weighted by molar-refractivity contribution is 5.98. The Kier molecular flexibility index (Phi) is 4.30. The maximum absolute atomic E-state index is 12.9. The molecule has 27 heavy (non-hydrogen) atoms. The third kappa shape index (κ3) is 3.37. The van der Waals surface area contributed by atoms with Gasteiger partial charge in [-0.1, -0.05) is 24.3 Å². The topological polar surface area (TPSA) is 77.0 Å². The van der Waals surface area contributed by atoms with Crippen LogP contribution in [0.1, 0.15) is 15.9 Å². The van der Waals surface area contributed by atoms with Crippen LogP contribution in [0.3, 0.4) is 0 Å². The highest BCUT2D eigenvalue weighted by Gasteiger charge is 2.15. The van der Waals surface area contributed by atoms with Gasteiger partial charge < -0.3 is 10.6 Å². The maximum atomic E-state index is 12.9. The summed E-state index contributed by atoms with van der Waals surface area (Å²) in [4.78, 5) is 18.5. The van der Waals surface area contributed by atoms with Gasteiger partial charge >= 0.3 is 0 Å². The molecule has 6 heteroatoms. The molecular weight excluding hydrogens is 338 g/mol. The largest absolute Gasteiger partial charge is 0.384 e. The first-order valence-electron chi connectivity index (χ1n) is 8.61. The molecule has 4 aromatic rings. The first-order chi connectivity index (χ1) is 13.1. The number of nitrogen functional groups attached to an aromatic ring is 1. The number of fused-ring (bicyclic) bond motifs is 1. The number of nitrogens with two attached hydrogens (primary N) is 1. The van der Waals surface area contributed by atoms with Gasteiger partial charge in [-0.3, -0.25) is 4.79 Å². The number of nitrogens with zero attached hydrogens (tertiary/aromatic N) is 4. The van der Waals surface area contributed by atoms with Gasteiger partial charge in [0.25, 0.3) is 5.91 Å². The van der Waals surface area contributed by atoms with Crippen molar-refractivity contribution in [3.05, 3.63) is 84.2 Å². The number of anilines is 1. The van der Waals surface area contributed by atoms with Crippen molar-refractivity contribution in [2.24, 2.45) is 0 Å². The Hall–Kier alpha value is -3.67. The summed E-state index contributed by atoms with van der Waals surface area (Å²) in [5, 5.41) is 5.45. The van der Waals surface area contributed by atoms with Crippen LogP contribution in [-0.4, -0.2) is 32.6 Å². The van der Waals surface area contributed by atoms with Crippen LogP contribution >= 0.6 is 0 Å². The van der Waals surface area contributed by atoms with E-state index in [9.17, 15) is 4.79 Å². The van der Waals surface area contributed by atoms with E-state index < -0.39 is 0 Å². The van der Waals surface area contributed by atoms with Crippen LogP contribution in [0.25, 0.3) is 16.6 Å². The molecule has 0 saturated carbocycles. The van der Waals surface area contributed by atoms with E-state index in [-0.39, 0.29) is 5.91 Å². The SMILES string of the molecule is CN(Cc1ccnc(N)c1)C(=O)c1ccc2cnn(-c3ccccc3)c2c1. The number of pyridine rings is 1. The van der Waals surface area contributed by atoms with Gasteiger partial charge in [0.1, 0.15) is 5.82 Å². The van der Waals surface area contributed by atoms with E-state index in [0.717, 1.165) is 22.2 Å². The van der Waals surface area contributed by atoms with Crippen molar-refractivity contribution in [2.75, 3.05) is 12.8 Å². The minimum absolute atomic E-state index is 0.0619. The van der Waals surface area contributed by atoms with Gasteiger partial charge in [-0.05, 0) is 42.0 Å². The van der Waals surface area contributed by atoms with E-state index in [2.05, 4.69) is 10.1 Å². The second-order valence-electron chi connectivity index (χ2n) is 6.42. The van der Waals surface area contributed by atoms with Crippen molar-refractivity contribution in [3.63, 3.8) is 0 Å². The number of hydrogen-bond donors (Lipinski definition) is 1. The van der Waals surface area contributed by atoms with Gasteiger partial charge in [-0.2, -0.15) is 5.10 Å². The fourth-order valence-electron chi connectivity index (χ4n) is 3.09. The smallest absolute Gasteiger partial charge is 0.253 e. The number of amides is 1. The molecule has 2 N–H and O–H groups in total. The minimum Gasteiger partial charge on any atom is -0.384 e. The number of benzene rings is 2. The Bertz CT molecular complexity index is 1100. The standard InChI is InChI=1S/C21H19N5O/c1-25(14-15-9-10-23-20(22)11-15)21(27)16-7-8-17-13-24-26(19(17)12-16)18-5-3-2-4-6-18/h2-13H,14H2,1H3,(H2,22,23). The molecule has 0 bridgehead atoms. The molecule has 0 spiro atoms. The van der Waals surface area contributed by atoms with Gasteiger partial charge in [0.15, 0.2) is 0 Å².